The molecule has 0 aliphatic carbocycles. The fourth-order valence-electron chi connectivity index (χ4n) is 1.67. The van der Waals surface area contributed by atoms with Crippen LogP contribution in [0.25, 0.3) is 0 Å². The van der Waals surface area contributed by atoms with E-state index in [1.165, 1.54) is 19.2 Å². The van der Waals surface area contributed by atoms with Gasteiger partial charge in [0, 0.05) is 0 Å². The maximum atomic E-state index is 12.9. The van der Waals surface area contributed by atoms with Crippen LogP contribution in [-0.4, -0.2) is 13.1 Å². The number of anilines is 3. The number of nitrogens with one attached hydrogen (secondary N) is 2. The second-order valence-corrected chi connectivity index (χ2v) is 4.01. The first-order valence-electron chi connectivity index (χ1n) is 5.86. The quantitative estimate of drug-likeness (QED) is 0.753. The first-order chi connectivity index (χ1) is 9.60. The van der Waals surface area contributed by atoms with E-state index < -0.39 is 11.8 Å². The number of urea groups is 1. The third-order valence-electron chi connectivity index (χ3n) is 2.62. The summed E-state index contributed by atoms with van der Waals surface area (Å²) < 4.78 is 18.0. The molecular formula is C14H14FN3O2. The number of nitrogens with two attached hydrogens (primary N) is 1. The van der Waals surface area contributed by atoms with Crippen LogP contribution < -0.4 is 21.1 Å². The molecule has 0 unspecified atom stereocenters. The Morgan fingerprint density at radius 1 is 1.15 bits per heavy atom. The smallest absolute Gasteiger partial charge is 0.323 e. The van der Waals surface area contributed by atoms with Gasteiger partial charge in [-0.25, -0.2) is 9.18 Å². The van der Waals surface area contributed by atoms with Crippen LogP contribution in [0, 0.1) is 5.82 Å². The summed E-state index contributed by atoms with van der Waals surface area (Å²) in [5, 5.41) is 5.17. The number of carbonyl (C=O) groups is 1. The first kappa shape index (κ1) is 13.7. The van der Waals surface area contributed by atoms with E-state index in [0.717, 1.165) is 6.07 Å². The minimum atomic E-state index is -0.493. The van der Waals surface area contributed by atoms with E-state index in [-0.39, 0.29) is 5.69 Å². The molecule has 0 saturated heterocycles. The molecule has 0 bridgehead atoms. The molecule has 2 aromatic carbocycles. The van der Waals surface area contributed by atoms with Crippen LogP contribution in [0.15, 0.2) is 42.5 Å². The average molecular weight is 275 g/mol. The van der Waals surface area contributed by atoms with Gasteiger partial charge in [-0.1, -0.05) is 12.1 Å². The summed E-state index contributed by atoms with van der Waals surface area (Å²) >= 11 is 0. The predicted molar refractivity (Wildman–Crippen MR) is 76.4 cm³/mol. The molecule has 104 valence electrons. The maximum absolute atomic E-state index is 12.9. The van der Waals surface area contributed by atoms with Crippen molar-refractivity contribution in [2.24, 2.45) is 0 Å². The monoisotopic (exact) mass is 275 g/mol. The van der Waals surface area contributed by atoms with Crippen LogP contribution in [0.3, 0.4) is 0 Å². The second kappa shape index (κ2) is 5.92. The molecule has 5 nitrogen and oxygen atoms in total. The molecule has 0 saturated carbocycles. The lowest BCUT2D eigenvalue weighted by atomic mass is 10.2. The molecular weight excluding hydrogens is 261 g/mol. The number of benzene rings is 2. The van der Waals surface area contributed by atoms with Crippen molar-refractivity contribution < 1.29 is 13.9 Å². The Morgan fingerprint density at radius 3 is 2.55 bits per heavy atom. The molecule has 0 aliphatic heterocycles. The second-order valence-electron chi connectivity index (χ2n) is 4.01. The van der Waals surface area contributed by atoms with E-state index in [4.69, 9.17) is 10.5 Å². The standard InChI is InChI=1S/C14H14FN3O2/c1-20-13-5-3-2-4-12(13)18-14(19)17-11-7-6-9(15)8-10(11)16/h2-8H,16H2,1H3,(H2,17,18,19). The van der Waals surface area contributed by atoms with Crippen molar-refractivity contribution in [1.29, 1.82) is 0 Å². The number of hydrogen-bond donors (Lipinski definition) is 3. The fourth-order valence-corrected chi connectivity index (χ4v) is 1.67. The normalized spacial score (nSPS) is 9.90. The number of rotatable bonds is 3. The molecule has 0 fully saturated rings. The lowest BCUT2D eigenvalue weighted by molar-refractivity contribution is 0.262. The van der Waals surface area contributed by atoms with E-state index >= 15 is 0 Å². The number of para-hydroxylation sites is 2. The minimum Gasteiger partial charge on any atom is -0.495 e. The third-order valence-corrected chi connectivity index (χ3v) is 2.62. The van der Waals surface area contributed by atoms with Crippen molar-refractivity contribution in [1.82, 2.24) is 0 Å². The van der Waals surface area contributed by atoms with Gasteiger partial charge < -0.3 is 21.1 Å². The summed E-state index contributed by atoms with van der Waals surface area (Å²) in [5.74, 6) is 0.0768. The molecule has 0 radical (unpaired) electrons. The third kappa shape index (κ3) is 3.17. The van der Waals surface area contributed by atoms with Crippen LogP contribution >= 0.6 is 0 Å². The molecule has 0 aliphatic rings. The molecule has 0 atom stereocenters. The van der Waals surface area contributed by atoms with Gasteiger partial charge in [0.15, 0.2) is 0 Å². The number of nitrogen functional groups attached to an aromatic ring is 1. The van der Waals surface area contributed by atoms with Gasteiger partial charge in [0.05, 0.1) is 24.2 Å². The number of carbonyl (C=O) groups excluding carboxylic acids is 1. The van der Waals surface area contributed by atoms with E-state index in [2.05, 4.69) is 10.6 Å². The topological polar surface area (TPSA) is 76.4 Å². The summed E-state index contributed by atoms with van der Waals surface area (Å²) in [7, 11) is 1.51. The summed E-state index contributed by atoms with van der Waals surface area (Å²) in [5.41, 5.74) is 6.62. The van der Waals surface area contributed by atoms with Gasteiger partial charge in [0.1, 0.15) is 11.6 Å². The zero-order valence-electron chi connectivity index (χ0n) is 10.8. The SMILES string of the molecule is COc1ccccc1NC(=O)Nc1ccc(F)cc1N. The number of halogens is 1. The minimum absolute atomic E-state index is 0.153. The van der Waals surface area contributed by atoms with E-state index in [1.54, 1.807) is 24.3 Å². The maximum Gasteiger partial charge on any atom is 0.323 e. The van der Waals surface area contributed by atoms with Gasteiger partial charge >= 0.3 is 6.03 Å². The highest BCUT2D eigenvalue weighted by Gasteiger charge is 2.08. The highest BCUT2D eigenvalue weighted by molar-refractivity contribution is 6.02. The summed E-state index contributed by atoms with van der Waals surface area (Å²) in [6, 6.07) is 10.2. The molecule has 2 amide bonds. The molecule has 0 spiro atoms. The van der Waals surface area contributed by atoms with Crippen molar-refractivity contribution in [2.75, 3.05) is 23.5 Å². The van der Waals surface area contributed by atoms with E-state index in [9.17, 15) is 9.18 Å². The average Bonchev–Trinajstić information content (AvgIpc) is 2.42. The molecule has 0 heterocycles. The zero-order chi connectivity index (χ0) is 14.5. The van der Waals surface area contributed by atoms with Crippen LogP contribution in [0.2, 0.25) is 0 Å². The van der Waals surface area contributed by atoms with Crippen molar-refractivity contribution in [3.8, 4) is 5.75 Å². The Morgan fingerprint density at radius 2 is 1.85 bits per heavy atom. The van der Waals surface area contributed by atoms with Gasteiger partial charge in [0.25, 0.3) is 0 Å². The van der Waals surface area contributed by atoms with Crippen molar-refractivity contribution in [3.63, 3.8) is 0 Å². The van der Waals surface area contributed by atoms with E-state index in [0.29, 0.717) is 17.1 Å². The van der Waals surface area contributed by atoms with Crippen molar-refractivity contribution >= 4 is 23.1 Å². The summed E-state index contributed by atoms with van der Waals surface area (Å²) in [4.78, 5) is 11.9. The zero-order valence-corrected chi connectivity index (χ0v) is 10.8. The van der Waals surface area contributed by atoms with Crippen LogP contribution in [-0.2, 0) is 0 Å². The van der Waals surface area contributed by atoms with Gasteiger partial charge in [-0.3, -0.25) is 0 Å². The van der Waals surface area contributed by atoms with Gasteiger partial charge in [-0.15, -0.1) is 0 Å². The van der Waals surface area contributed by atoms with Crippen LogP contribution in [0.5, 0.6) is 5.75 Å². The number of methoxy groups -OCH3 is 1. The number of hydrogen-bond acceptors (Lipinski definition) is 3. The van der Waals surface area contributed by atoms with Gasteiger partial charge in [-0.2, -0.15) is 0 Å². The molecule has 6 heteroatoms. The lowest BCUT2D eigenvalue weighted by Gasteiger charge is -2.12. The Kier molecular flexibility index (Phi) is 4.05. The Hall–Kier alpha value is -2.76. The largest absolute Gasteiger partial charge is 0.495 e. The van der Waals surface area contributed by atoms with Gasteiger partial charge in [0.2, 0.25) is 0 Å². The number of ether oxygens (including phenoxy) is 1. The molecule has 0 aromatic heterocycles. The lowest BCUT2D eigenvalue weighted by Crippen LogP contribution is -2.20. The highest BCUT2D eigenvalue weighted by Crippen LogP contribution is 2.24. The molecule has 4 N–H and O–H groups in total. The number of amides is 2. The summed E-state index contributed by atoms with van der Waals surface area (Å²) in [6.07, 6.45) is 0. The van der Waals surface area contributed by atoms with Crippen molar-refractivity contribution in [3.05, 3.63) is 48.3 Å². The predicted octanol–water partition coefficient (Wildman–Crippen LogP) is 3.06. The van der Waals surface area contributed by atoms with Crippen LogP contribution in [0.1, 0.15) is 0 Å². The molecule has 20 heavy (non-hydrogen) atoms. The molecule has 2 aromatic rings. The first-order valence-corrected chi connectivity index (χ1v) is 5.86. The molecule has 2 rings (SSSR count). The van der Waals surface area contributed by atoms with Gasteiger partial charge in [-0.05, 0) is 30.3 Å². The fraction of sp³-hybridized carbons (Fsp3) is 0.0714. The Labute approximate surface area is 115 Å². The Balaban J connectivity index is 2.09. The van der Waals surface area contributed by atoms with Crippen molar-refractivity contribution in [2.45, 2.75) is 0 Å². The highest BCUT2D eigenvalue weighted by atomic mass is 19.1. The van der Waals surface area contributed by atoms with E-state index in [1.807, 2.05) is 0 Å². The van der Waals surface area contributed by atoms with Crippen LogP contribution in [0.4, 0.5) is 26.2 Å². The Bertz CT molecular complexity index is 632. The summed E-state index contributed by atoms with van der Waals surface area (Å²) in [6.45, 7) is 0.